The first-order valence-corrected chi connectivity index (χ1v) is 8.51. The summed E-state index contributed by atoms with van der Waals surface area (Å²) in [5.41, 5.74) is 8.46. The van der Waals surface area contributed by atoms with E-state index in [2.05, 4.69) is 6.92 Å². The van der Waals surface area contributed by atoms with Crippen molar-refractivity contribution in [2.75, 3.05) is 5.73 Å². The maximum atomic E-state index is 12.3. The molecule has 0 unspecified atom stereocenters. The third kappa shape index (κ3) is 5.11. The summed E-state index contributed by atoms with van der Waals surface area (Å²) in [5, 5.41) is 10.2. The Morgan fingerprint density at radius 3 is 2.52 bits per heavy atom. The van der Waals surface area contributed by atoms with E-state index in [4.69, 9.17) is 10.5 Å². The summed E-state index contributed by atoms with van der Waals surface area (Å²) in [6, 6.07) is 10.3. The van der Waals surface area contributed by atoms with Gasteiger partial charge in [-0.3, -0.25) is 4.79 Å². The van der Waals surface area contributed by atoms with E-state index < -0.39 is 0 Å². The molecule has 0 saturated heterocycles. The molecule has 0 aromatic heterocycles. The maximum Gasteiger partial charge on any atom is 0.185 e. The molecule has 0 atom stereocenters. The molecule has 0 aliphatic heterocycles. The van der Waals surface area contributed by atoms with Crippen LogP contribution in [0.4, 0.5) is 5.69 Å². The van der Waals surface area contributed by atoms with Crippen LogP contribution in [0.15, 0.2) is 42.5 Å². The number of hydrogen-bond donors (Lipinski definition) is 2. The minimum atomic E-state index is -0.111. The van der Waals surface area contributed by atoms with Crippen molar-refractivity contribution >= 4 is 17.5 Å². The first-order chi connectivity index (χ1) is 11.9. The number of anilines is 1. The highest BCUT2D eigenvalue weighted by Gasteiger charge is 2.11. The van der Waals surface area contributed by atoms with Gasteiger partial charge < -0.3 is 15.6 Å². The van der Waals surface area contributed by atoms with E-state index in [1.807, 2.05) is 19.9 Å². The van der Waals surface area contributed by atoms with Gasteiger partial charge in [-0.25, -0.2) is 0 Å². The van der Waals surface area contributed by atoms with Crippen LogP contribution >= 0.6 is 0 Å². The van der Waals surface area contributed by atoms with Gasteiger partial charge in [-0.15, -0.1) is 0 Å². The Kier molecular flexibility index (Phi) is 6.23. The number of carbonyl (C=O) groups excluding carboxylic acids is 1. The van der Waals surface area contributed by atoms with Crippen LogP contribution in [-0.2, 0) is 6.42 Å². The highest BCUT2D eigenvalue weighted by molar-refractivity contribution is 6.07. The van der Waals surface area contributed by atoms with E-state index in [0.717, 1.165) is 24.0 Å². The number of ketones is 1. The quantitative estimate of drug-likeness (QED) is 0.439. The van der Waals surface area contributed by atoms with Gasteiger partial charge in [0.2, 0.25) is 0 Å². The minimum absolute atomic E-state index is 0.0311. The largest absolute Gasteiger partial charge is 0.508 e. The van der Waals surface area contributed by atoms with Gasteiger partial charge in [0.25, 0.3) is 0 Å². The number of benzene rings is 2. The second-order valence-electron chi connectivity index (χ2n) is 6.25. The summed E-state index contributed by atoms with van der Waals surface area (Å²) >= 11 is 0. The fourth-order valence-corrected chi connectivity index (χ4v) is 2.50. The van der Waals surface area contributed by atoms with Crippen LogP contribution in [0, 0.1) is 0 Å². The number of nitrogens with two attached hydrogens (primary N) is 1. The van der Waals surface area contributed by atoms with Crippen molar-refractivity contribution in [3.8, 4) is 11.5 Å². The molecule has 2 aromatic rings. The molecule has 25 heavy (non-hydrogen) atoms. The zero-order valence-electron chi connectivity index (χ0n) is 15.0. The lowest BCUT2D eigenvalue weighted by atomic mass is 10.0. The van der Waals surface area contributed by atoms with Crippen molar-refractivity contribution in [2.45, 2.75) is 39.7 Å². The van der Waals surface area contributed by atoms with Crippen LogP contribution in [0.2, 0.25) is 0 Å². The number of phenolic OH excluding ortho intramolecular Hbond substituents is 1. The molecule has 2 rings (SSSR count). The third-order valence-electron chi connectivity index (χ3n) is 3.70. The molecule has 2 aromatic carbocycles. The standard InChI is InChI=1S/C21H25NO3/c1-4-5-16-12-17(21(13-20(16)24)25-14(2)3)8-11-19(23)15-6-9-18(22)10-7-15/h6-14,24H,4-5,22H2,1-3H3/b11-8+. The SMILES string of the molecule is CCCc1cc(/C=C/C(=O)c2ccc(N)cc2)c(OC(C)C)cc1O. The monoisotopic (exact) mass is 339 g/mol. The van der Waals surface area contributed by atoms with Crippen LogP contribution in [0.3, 0.4) is 0 Å². The molecule has 4 heteroatoms. The van der Waals surface area contributed by atoms with Crippen LogP contribution in [0.5, 0.6) is 11.5 Å². The predicted molar refractivity (Wildman–Crippen MR) is 102 cm³/mol. The highest BCUT2D eigenvalue weighted by Crippen LogP contribution is 2.31. The Morgan fingerprint density at radius 2 is 1.92 bits per heavy atom. The molecule has 0 heterocycles. The number of allylic oxidation sites excluding steroid dienone is 1. The Balaban J connectivity index is 2.32. The fourth-order valence-electron chi connectivity index (χ4n) is 2.50. The normalized spacial score (nSPS) is 11.2. The summed E-state index contributed by atoms with van der Waals surface area (Å²) in [7, 11) is 0. The van der Waals surface area contributed by atoms with Gasteiger partial charge in [-0.2, -0.15) is 0 Å². The van der Waals surface area contributed by atoms with Crippen LogP contribution in [0.25, 0.3) is 6.08 Å². The second kappa shape index (κ2) is 8.38. The number of carbonyl (C=O) groups is 1. The molecular weight excluding hydrogens is 314 g/mol. The van der Waals surface area contributed by atoms with Crippen LogP contribution in [-0.4, -0.2) is 17.0 Å². The third-order valence-corrected chi connectivity index (χ3v) is 3.70. The van der Waals surface area contributed by atoms with Gasteiger partial charge in [0.15, 0.2) is 5.78 Å². The molecule has 0 bridgehead atoms. The number of phenols is 1. The van der Waals surface area contributed by atoms with Crippen LogP contribution < -0.4 is 10.5 Å². The average Bonchev–Trinajstić information content (AvgIpc) is 2.56. The van der Waals surface area contributed by atoms with Gasteiger partial charge in [0.05, 0.1) is 6.10 Å². The van der Waals surface area contributed by atoms with Gasteiger partial charge in [0, 0.05) is 22.9 Å². The molecule has 132 valence electrons. The Bertz CT molecular complexity index is 761. The van der Waals surface area contributed by atoms with E-state index in [1.165, 1.54) is 6.08 Å². The first kappa shape index (κ1) is 18.6. The summed E-state index contributed by atoms with van der Waals surface area (Å²) in [4.78, 5) is 12.3. The van der Waals surface area contributed by atoms with E-state index in [0.29, 0.717) is 17.0 Å². The number of ether oxygens (including phenoxy) is 1. The first-order valence-electron chi connectivity index (χ1n) is 8.51. The summed E-state index contributed by atoms with van der Waals surface area (Å²) in [6.45, 7) is 5.89. The molecule has 0 aliphatic carbocycles. The number of rotatable bonds is 7. The topological polar surface area (TPSA) is 72.6 Å². The molecule has 4 nitrogen and oxygen atoms in total. The average molecular weight is 339 g/mol. The Labute approximate surface area is 148 Å². The predicted octanol–water partition coefficient (Wildman–Crippen LogP) is 4.61. The molecule has 0 spiro atoms. The van der Waals surface area contributed by atoms with Crippen molar-refractivity contribution in [1.29, 1.82) is 0 Å². The summed E-state index contributed by atoms with van der Waals surface area (Å²) < 4.78 is 5.77. The molecule has 0 fully saturated rings. The van der Waals surface area contributed by atoms with Crippen molar-refractivity contribution in [1.82, 2.24) is 0 Å². The number of aromatic hydroxyl groups is 1. The van der Waals surface area contributed by atoms with E-state index in [1.54, 1.807) is 36.4 Å². The Hall–Kier alpha value is -2.75. The molecule has 3 N–H and O–H groups in total. The zero-order chi connectivity index (χ0) is 18.4. The highest BCUT2D eigenvalue weighted by atomic mass is 16.5. The van der Waals surface area contributed by atoms with E-state index in [9.17, 15) is 9.90 Å². The number of aryl methyl sites for hydroxylation is 1. The molecule has 0 amide bonds. The lowest BCUT2D eigenvalue weighted by Crippen LogP contribution is -2.07. The molecular formula is C21H25NO3. The number of nitrogen functional groups attached to an aromatic ring is 1. The smallest absolute Gasteiger partial charge is 0.185 e. The van der Waals surface area contributed by atoms with Crippen LogP contribution in [0.1, 0.15) is 48.7 Å². The lowest BCUT2D eigenvalue weighted by Gasteiger charge is -2.15. The van der Waals surface area contributed by atoms with Crippen molar-refractivity contribution in [3.05, 3.63) is 59.2 Å². The van der Waals surface area contributed by atoms with Crippen molar-refractivity contribution < 1.29 is 14.6 Å². The molecule has 0 aliphatic rings. The van der Waals surface area contributed by atoms with Crippen molar-refractivity contribution in [3.63, 3.8) is 0 Å². The number of hydrogen-bond acceptors (Lipinski definition) is 4. The van der Waals surface area contributed by atoms with Crippen molar-refractivity contribution in [2.24, 2.45) is 0 Å². The van der Waals surface area contributed by atoms with Gasteiger partial charge in [0.1, 0.15) is 11.5 Å². The summed E-state index contributed by atoms with van der Waals surface area (Å²) in [5.74, 6) is 0.675. The summed E-state index contributed by atoms with van der Waals surface area (Å²) in [6.07, 6.45) is 4.90. The zero-order valence-corrected chi connectivity index (χ0v) is 15.0. The van der Waals surface area contributed by atoms with E-state index >= 15 is 0 Å². The second-order valence-corrected chi connectivity index (χ2v) is 6.25. The van der Waals surface area contributed by atoms with E-state index in [-0.39, 0.29) is 17.6 Å². The minimum Gasteiger partial charge on any atom is -0.508 e. The van der Waals surface area contributed by atoms with Gasteiger partial charge >= 0.3 is 0 Å². The Morgan fingerprint density at radius 1 is 1.24 bits per heavy atom. The van der Waals surface area contributed by atoms with Gasteiger partial charge in [-0.1, -0.05) is 13.3 Å². The fraction of sp³-hybridized carbons (Fsp3) is 0.286. The molecule has 0 radical (unpaired) electrons. The lowest BCUT2D eigenvalue weighted by molar-refractivity contribution is 0.104. The maximum absolute atomic E-state index is 12.3. The van der Waals surface area contributed by atoms with Gasteiger partial charge in [-0.05, 0) is 68.3 Å². The molecule has 0 saturated carbocycles.